The van der Waals surface area contributed by atoms with E-state index in [0.29, 0.717) is 19.6 Å². The van der Waals surface area contributed by atoms with Gasteiger partial charge in [0.15, 0.2) is 5.96 Å². The molecular weight excluding hydrogens is 306 g/mol. The maximum atomic E-state index is 12.0. The van der Waals surface area contributed by atoms with Gasteiger partial charge in [-0.1, -0.05) is 27.7 Å². The molecule has 0 aromatic rings. The van der Waals surface area contributed by atoms with E-state index < -0.39 is 0 Å². The van der Waals surface area contributed by atoms with Crippen LogP contribution in [-0.2, 0) is 9.59 Å². The van der Waals surface area contributed by atoms with Gasteiger partial charge in [0.05, 0.1) is 6.54 Å². The van der Waals surface area contributed by atoms with E-state index in [1.165, 1.54) is 0 Å². The first-order valence-corrected chi connectivity index (χ1v) is 8.96. The summed E-state index contributed by atoms with van der Waals surface area (Å²) in [4.78, 5) is 30.0. The zero-order chi connectivity index (χ0) is 18.1. The van der Waals surface area contributed by atoms with Crippen molar-refractivity contribution in [2.45, 2.75) is 47.1 Å². The van der Waals surface area contributed by atoms with Gasteiger partial charge in [0, 0.05) is 44.1 Å². The Morgan fingerprint density at radius 1 is 1.17 bits per heavy atom. The van der Waals surface area contributed by atoms with E-state index in [-0.39, 0.29) is 29.7 Å². The monoisotopic (exact) mass is 339 g/mol. The van der Waals surface area contributed by atoms with Crippen molar-refractivity contribution >= 4 is 17.8 Å². The highest BCUT2D eigenvalue weighted by Crippen LogP contribution is 2.12. The highest BCUT2D eigenvalue weighted by atomic mass is 16.2. The van der Waals surface area contributed by atoms with Gasteiger partial charge < -0.3 is 20.9 Å². The molecule has 1 unspecified atom stereocenters. The van der Waals surface area contributed by atoms with E-state index in [4.69, 9.17) is 0 Å². The molecule has 1 rings (SSSR count). The predicted octanol–water partition coefficient (Wildman–Crippen LogP) is 0.571. The second kappa shape index (κ2) is 10.2. The minimum absolute atomic E-state index is 0.0108. The molecule has 2 amide bonds. The Labute approximate surface area is 145 Å². The quantitative estimate of drug-likeness (QED) is 0.360. The molecule has 7 heteroatoms. The van der Waals surface area contributed by atoms with Crippen LogP contribution >= 0.6 is 0 Å². The number of hydrogen-bond acceptors (Lipinski definition) is 3. The summed E-state index contributed by atoms with van der Waals surface area (Å²) in [6.07, 6.45) is 0.924. The van der Waals surface area contributed by atoms with Gasteiger partial charge in [0.25, 0.3) is 0 Å². The highest BCUT2D eigenvalue weighted by molar-refractivity contribution is 5.81. The van der Waals surface area contributed by atoms with Crippen LogP contribution < -0.4 is 16.0 Å². The fourth-order valence-corrected chi connectivity index (χ4v) is 2.51. The highest BCUT2D eigenvalue weighted by Gasteiger charge is 2.27. The van der Waals surface area contributed by atoms with Crippen molar-refractivity contribution in [2.24, 2.45) is 16.8 Å². The van der Waals surface area contributed by atoms with Gasteiger partial charge in [-0.15, -0.1) is 0 Å². The summed E-state index contributed by atoms with van der Waals surface area (Å²) in [5.41, 5.74) is 0. The van der Waals surface area contributed by atoms with Crippen molar-refractivity contribution in [3.05, 3.63) is 0 Å². The molecule has 0 bridgehead atoms. The SMILES string of the molecule is CCNC(=NCCNC(=O)C(C)C)NC1CCN(C(=O)C(C)C)C1. The number of carbonyl (C=O) groups is 2. The second-order valence-electron chi connectivity index (χ2n) is 6.78. The van der Waals surface area contributed by atoms with Gasteiger partial charge >= 0.3 is 0 Å². The third kappa shape index (κ3) is 6.76. The summed E-state index contributed by atoms with van der Waals surface area (Å²) in [5, 5.41) is 9.45. The largest absolute Gasteiger partial charge is 0.357 e. The number of amides is 2. The zero-order valence-corrected chi connectivity index (χ0v) is 15.7. The maximum Gasteiger partial charge on any atom is 0.225 e. The third-order valence-corrected chi connectivity index (χ3v) is 3.88. The lowest BCUT2D eigenvalue weighted by atomic mass is 10.2. The Morgan fingerprint density at radius 2 is 1.88 bits per heavy atom. The van der Waals surface area contributed by atoms with Crippen molar-refractivity contribution in [1.82, 2.24) is 20.9 Å². The van der Waals surface area contributed by atoms with Crippen molar-refractivity contribution in [3.63, 3.8) is 0 Å². The molecule has 138 valence electrons. The number of hydrogen-bond donors (Lipinski definition) is 3. The van der Waals surface area contributed by atoms with Crippen molar-refractivity contribution in [3.8, 4) is 0 Å². The minimum atomic E-state index is -0.0108. The molecule has 1 aliphatic heterocycles. The summed E-state index contributed by atoms with van der Waals surface area (Å²) in [5.74, 6) is 1.01. The first kappa shape index (κ1) is 20.3. The Hall–Kier alpha value is -1.79. The fraction of sp³-hybridized carbons (Fsp3) is 0.824. The van der Waals surface area contributed by atoms with E-state index in [1.807, 2.05) is 39.5 Å². The Balaban J connectivity index is 2.44. The molecule has 1 saturated heterocycles. The molecule has 0 aromatic carbocycles. The molecule has 0 aromatic heterocycles. The van der Waals surface area contributed by atoms with E-state index >= 15 is 0 Å². The van der Waals surface area contributed by atoms with Crippen LogP contribution in [0.3, 0.4) is 0 Å². The van der Waals surface area contributed by atoms with Crippen LogP contribution in [0.4, 0.5) is 0 Å². The van der Waals surface area contributed by atoms with Crippen LogP contribution in [0, 0.1) is 11.8 Å². The molecule has 1 atom stereocenters. The van der Waals surface area contributed by atoms with Crippen LogP contribution in [0.15, 0.2) is 4.99 Å². The smallest absolute Gasteiger partial charge is 0.225 e. The topological polar surface area (TPSA) is 85.8 Å². The summed E-state index contributed by atoms with van der Waals surface area (Å²) < 4.78 is 0. The van der Waals surface area contributed by atoms with E-state index in [0.717, 1.165) is 25.5 Å². The Morgan fingerprint density at radius 3 is 2.46 bits per heavy atom. The van der Waals surface area contributed by atoms with Crippen LogP contribution in [-0.4, -0.2) is 61.4 Å². The van der Waals surface area contributed by atoms with Crippen molar-refractivity contribution < 1.29 is 9.59 Å². The molecule has 0 saturated carbocycles. The minimum Gasteiger partial charge on any atom is -0.357 e. The molecule has 0 aliphatic carbocycles. The van der Waals surface area contributed by atoms with Crippen molar-refractivity contribution in [1.29, 1.82) is 0 Å². The third-order valence-electron chi connectivity index (χ3n) is 3.88. The summed E-state index contributed by atoms with van der Waals surface area (Å²) in [7, 11) is 0. The lowest BCUT2D eigenvalue weighted by Crippen LogP contribution is -2.45. The number of carbonyl (C=O) groups excluding carboxylic acids is 2. The molecule has 3 N–H and O–H groups in total. The lowest BCUT2D eigenvalue weighted by Gasteiger charge is -2.20. The number of rotatable bonds is 7. The number of guanidine groups is 1. The maximum absolute atomic E-state index is 12.0. The number of likely N-dealkylation sites (tertiary alicyclic amines) is 1. The van der Waals surface area contributed by atoms with Crippen LogP contribution in [0.25, 0.3) is 0 Å². The number of nitrogens with one attached hydrogen (secondary N) is 3. The zero-order valence-electron chi connectivity index (χ0n) is 15.7. The van der Waals surface area contributed by atoms with Crippen molar-refractivity contribution in [2.75, 3.05) is 32.7 Å². The average molecular weight is 339 g/mol. The normalized spacial score (nSPS) is 18.2. The van der Waals surface area contributed by atoms with Crippen LogP contribution in [0.2, 0.25) is 0 Å². The molecule has 0 radical (unpaired) electrons. The lowest BCUT2D eigenvalue weighted by molar-refractivity contribution is -0.133. The Bertz CT molecular complexity index is 448. The molecular formula is C17H33N5O2. The van der Waals surface area contributed by atoms with Gasteiger partial charge in [0.2, 0.25) is 11.8 Å². The Kier molecular flexibility index (Phi) is 8.57. The van der Waals surface area contributed by atoms with Gasteiger partial charge in [0.1, 0.15) is 0 Å². The van der Waals surface area contributed by atoms with Gasteiger partial charge in [-0.2, -0.15) is 0 Å². The van der Waals surface area contributed by atoms with Gasteiger partial charge in [-0.05, 0) is 13.3 Å². The van der Waals surface area contributed by atoms with E-state index in [2.05, 4.69) is 20.9 Å². The molecule has 24 heavy (non-hydrogen) atoms. The average Bonchev–Trinajstić information content (AvgIpc) is 2.98. The summed E-state index contributed by atoms with van der Waals surface area (Å²) in [6.45, 7) is 12.9. The number of nitrogens with zero attached hydrogens (tertiary/aromatic N) is 2. The summed E-state index contributed by atoms with van der Waals surface area (Å²) >= 11 is 0. The first-order valence-electron chi connectivity index (χ1n) is 8.96. The van der Waals surface area contributed by atoms with Gasteiger partial charge in [-0.25, -0.2) is 0 Å². The molecule has 1 fully saturated rings. The molecule has 7 nitrogen and oxygen atoms in total. The second-order valence-corrected chi connectivity index (χ2v) is 6.78. The fourth-order valence-electron chi connectivity index (χ4n) is 2.51. The van der Waals surface area contributed by atoms with E-state index in [1.54, 1.807) is 0 Å². The predicted molar refractivity (Wildman–Crippen MR) is 96.8 cm³/mol. The standard InChI is InChI=1S/C17H33N5O2/c1-6-18-17(20-9-8-19-15(23)12(2)3)21-14-7-10-22(11-14)16(24)13(4)5/h12-14H,6-11H2,1-5H3,(H,19,23)(H2,18,20,21). The molecule has 1 aliphatic rings. The van der Waals surface area contributed by atoms with Gasteiger partial charge in [-0.3, -0.25) is 14.6 Å². The number of aliphatic imine (C=N–C) groups is 1. The molecule has 0 spiro atoms. The van der Waals surface area contributed by atoms with Crippen LogP contribution in [0.5, 0.6) is 0 Å². The summed E-state index contributed by atoms with van der Waals surface area (Å²) in [6, 6.07) is 0.218. The first-order chi connectivity index (χ1) is 11.3. The molecule has 1 heterocycles. The van der Waals surface area contributed by atoms with Crippen LogP contribution in [0.1, 0.15) is 41.0 Å². The van der Waals surface area contributed by atoms with E-state index in [9.17, 15) is 9.59 Å².